The topological polar surface area (TPSA) is 55.6 Å². The van der Waals surface area contributed by atoms with E-state index in [-0.39, 0.29) is 11.8 Å². The molecule has 2 heterocycles. The summed E-state index contributed by atoms with van der Waals surface area (Å²) in [5.41, 5.74) is 8.80. The molecule has 0 aromatic heterocycles. The minimum Gasteiger partial charge on any atom is -0.399 e. The Morgan fingerprint density at radius 1 is 1.44 bits per heavy atom. The van der Waals surface area contributed by atoms with Gasteiger partial charge in [-0.1, -0.05) is 0 Å². The highest BCUT2D eigenvalue weighted by molar-refractivity contribution is 5.96. The van der Waals surface area contributed by atoms with Crippen molar-refractivity contribution < 1.29 is 9.53 Å². The van der Waals surface area contributed by atoms with Gasteiger partial charge >= 0.3 is 0 Å². The fraction of sp³-hybridized carbons (Fsp3) is 0.500. The number of nitrogens with two attached hydrogens (primary N) is 1. The van der Waals surface area contributed by atoms with Crippen molar-refractivity contribution >= 4 is 17.3 Å². The lowest BCUT2D eigenvalue weighted by Crippen LogP contribution is -2.39. The molecule has 0 bridgehead atoms. The fourth-order valence-corrected chi connectivity index (χ4v) is 2.80. The minimum absolute atomic E-state index is 0.0357. The van der Waals surface area contributed by atoms with Gasteiger partial charge in [0.25, 0.3) is 0 Å². The van der Waals surface area contributed by atoms with Crippen LogP contribution in [0.5, 0.6) is 0 Å². The van der Waals surface area contributed by atoms with Crippen molar-refractivity contribution in [1.29, 1.82) is 0 Å². The van der Waals surface area contributed by atoms with E-state index in [9.17, 15) is 4.79 Å². The number of nitrogen functional groups attached to an aromatic ring is 1. The number of fused-ring (bicyclic) bond motifs is 1. The zero-order valence-corrected chi connectivity index (χ0v) is 10.4. The van der Waals surface area contributed by atoms with Gasteiger partial charge in [0.15, 0.2) is 0 Å². The summed E-state index contributed by atoms with van der Waals surface area (Å²) >= 11 is 0. The van der Waals surface area contributed by atoms with Gasteiger partial charge in [0.2, 0.25) is 5.91 Å². The maximum atomic E-state index is 12.5. The summed E-state index contributed by atoms with van der Waals surface area (Å²) in [6.07, 6.45) is 2.86. The first-order valence-electron chi connectivity index (χ1n) is 6.53. The summed E-state index contributed by atoms with van der Waals surface area (Å²) in [4.78, 5) is 14.4. The average Bonchev–Trinajstić information content (AvgIpc) is 2.90. The molecule has 96 valence electrons. The number of ether oxygens (including phenoxy) is 1. The van der Waals surface area contributed by atoms with Crippen LogP contribution in [0.4, 0.5) is 11.4 Å². The second-order valence-corrected chi connectivity index (χ2v) is 5.04. The van der Waals surface area contributed by atoms with Gasteiger partial charge in [0, 0.05) is 24.5 Å². The summed E-state index contributed by atoms with van der Waals surface area (Å²) in [7, 11) is 0. The Hall–Kier alpha value is -1.55. The fourth-order valence-electron chi connectivity index (χ4n) is 2.80. The molecular weight excluding hydrogens is 228 g/mol. The van der Waals surface area contributed by atoms with Gasteiger partial charge in [-0.25, -0.2) is 0 Å². The molecule has 0 spiro atoms. The lowest BCUT2D eigenvalue weighted by Gasteiger charge is -2.31. The van der Waals surface area contributed by atoms with Crippen molar-refractivity contribution in [2.24, 2.45) is 5.92 Å². The Labute approximate surface area is 107 Å². The first-order valence-corrected chi connectivity index (χ1v) is 6.53. The number of carbonyl (C=O) groups is 1. The van der Waals surface area contributed by atoms with Crippen molar-refractivity contribution in [1.82, 2.24) is 0 Å². The maximum Gasteiger partial charge on any atom is 0.232 e. The van der Waals surface area contributed by atoms with Crippen LogP contribution in [0.15, 0.2) is 18.2 Å². The smallest absolute Gasteiger partial charge is 0.232 e. The van der Waals surface area contributed by atoms with E-state index in [1.54, 1.807) is 0 Å². The van der Waals surface area contributed by atoms with Gasteiger partial charge in [0.1, 0.15) is 0 Å². The highest BCUT2D eigenvalue weighted by Gasteiger charge is 2.31. The van der Waals surface area contributed by atoms with Crippen molar-refractivity contribution in [3.05, 3.63) is 23.8 Å². The van der Waals surface area contributed by atoms with Gasteiger partial charge in [-0.3, -0.25) is 4.79 Å². The molecule has 2 aliphatic rings. The molecular formula is C14H18N2O2. The number of carbonyl (C=O) groups excluding carboxylic acids is 1. The number of nitrogens with zero attached hydrogens (tertiary/aromatic N) is 1. The molecule has 2 aliphatic heterocycles. The van der Waals surface area contributed by atoms with E-state index in [2.05, 4.69) is 0 Å². The van der Waals surface area contributed by atoms with E-state index in [0.29, 0.717) is 13.2 Å². The molecule has 1 fully saturated rings. The van der Waals surface area contributed by atoms with E-state index in [1.165, 1.54) is 5.56 Å². The van der Waals surface area contributed by atoms with E-state index in [4.69, 9.17) is 10.5 Å². The molecule has 0 saturated carbocycles. The summed E-state index contributed by atoms with van der Waals surface area (Å²) in [5.74, 6) is 0.242. The predicted molar refractivity (Wildman–Crippen MR) is 70.5 cm³/mol. The number of rotatable bonds is 1. The van der Waals surface area contributed by atoms with Gasteiger partial charge in [-0.2, -0.15) is 0 Å². The van der Waals surface area contributed by atoms with Crippen LogP contribution in [0.2, 0.25) is 0 Å². The molecule has 1 amide bonds. The summed E-state index contributed by atoms with van der Waals surface area (Å²) in [6, 6.07) is 5.83. The molecule has 1 aromatic carbocycles. The largest absolute Gasteiger partial charge is 0.399 e. The third kappa shape index (κ3) is 1.97. The highest BCUT2D eigenvalue weighted by Crippen LogP contribution is 2.31. The van der Waals surface area contributed by atoms with E-state index in [0.717, 1.165) is 37.2 Å². The molecule has 1 unspecified atom stereocenters. The molecule has 1 saturated heterocycles. The number of benzene rings is 1. The number of amides is 1. The molecule has 4 nitrogen and oxygen atoms in total. The SMILES string of the molecule is Nc1ccc2c(c1)CCCN2C(=O)C1CCOC1. The lowest BCUT2D eigenvalue weighted by atomic mass is 9.98. The van der Waals surface area contributed by atoms with Crippen LogP contribution in [0, 0.1) is 5.92 Å². The van der Waals surface area contributed by atoms with Gasteiger partial charge < -0.3 is 15.4 Å². The van der Waals surface area contributed by atoms with Gasteiger partial charge in [-0.05, 0) is 43.0 Å². The Morgan fingerprint density at radius 3 is 3.11 bits per heavy atom. The maximum absolute atomic E-state index is 12.5. The van der Waals surface area contributed by atoms with E-state index in [1.807, 2.05) is 23.1 Å². The van der Waals surface area contributed by atoms with Crippen LogP contribution >= 0.6 is 0 Å². The molecule has 0 aliphatic carbocycles. The number of hydrogen-bond donors (Lipinski definition) is 1. The average molecular weight is 246 g/mol. The monoisotopic (exact) mass is 246 g/mol. The van der Waals surface area contributed by atoms with Crippen molar-refractivity contribution in [2.75, 3.05) is 30.4 Å². The standard InChI is InChI=1S/C14H18N2O2/c15-12-3-4-13-10(8-12)2-1-6-16(13)14(17)11-5-7-18-9-11/h3-4,8,11H,1-2,5-7,9,15H2. The molecule has 2 N–H and O–H groups in total. The van der Waals surface area contributed by atoms with Gasteiger partial charge in [0.05, 0.1) is 12.5 Å². The number of aryl methyl sites for hydroxylation is 1. The summed E-state index contributed by atoms with van der Waals surface area (Å²) < 4.78 is 5.31. The third-order valence-electron chi connectivity index (χ3n) is 3.77. The molecule has 4 heteroatoms. The molecule has 18 heavy (non-hydrogen) atoms. The predicted octanol–water partition coefficient (Wildman–Crippen LogP) is 1.58. The van der Waals surface area contributed by atoms with Crippen LogP contribution in [0.25, 0.3) is 0 Å². The van der Waals surface area contributed by atoms with E-state index >= 15 is 0 Å². The minimum atomic E-state index is 0.0357. The van der Waals surface area contributed by atoms with Crippen LogP contribution < -0.4 is 10.6 Å². The Kier molecular flexibility index (Phi) is 2.96. The number of anilines is 2. The molecule has 3 rings (SSSR count). The zero-order chi connectivity index (χ0) is 12.5. The zero-order valence-electron chi connectivity index (χ0n) is 10.4. The van der Waals surface area contributed by atoms with Crippen LogP contribution in [-0.4, -0.2) is 25.7 Å². The Bertz CT molecular complexity index is 467. The quantitative estimate of drug-likeness (QED) is 0.765. The Morgan fingerprint density at radius 2 is 2.33 bits per heavy atom. The van der Waals surface area contributed by atoms with Crippen molar-refractivity contribution in [3.8, 4) is 0 Å². The lowest BCUT2D eigenvalue weighted by molar-refractivity contribution is -0.122. The molecule has 1 aromatic rings. The van der Waals surface area contributed by atoms with Crippen molar-refractivity contribution in [2.45, 2.75) is 19.3 Å². The third-order valence-corrected chi connectivity index (χ3v) is 3.77. The Balaban J connectivity index is 1.88. The number of hydrogen-bond acceptors (Lipinski definition) is 3. The normalized spacial score (nSPS) is 22.9. The second-order valence-electron chi connectivity index (χ2n) is 5.04. The van der Waals surface area contributed by atoms with Crippen LogP contribution in [-0.2, 0) is 16.0 Å². The summed E-state index contributed by atoms with van der Waals surface area (Å²) in [5, 5.41) is 0. The first kappa shape index (κ1) is 11.5. The highest BCUT2D eigenvalue weighted by atomic mass is 16.5. The molecule has 1 atom stereocenters. The molecule has 0 radical (unpaired) electrons. The first-order chi connectivity index (χ1) is 8.75. The second kappa shape index (κ2) is 4.61. The van der Waals surface area contributed by atoms with Gasteiger partial charge in [-0.15, -0.1) is 0 Å². The van der Waals surface area contributed by atoms with Crippen molar-refractivity contribution in [3.63, 3.8) is 0 Å². The van der Waals surface area contributed by atoms with Crippen LogP contribution in [0.1, 0.15) is 18.4 Å². The summed E-state index contributed by atoms with van der Waals surface area (Å²) in [6.45, 7) is 2.09. The van der Waals surface area contributed by atoms with Crippen LogP contribution in [0.3, 0.4) is 0 Å². The van der Waals surface area contributed by atoms with E-state index < -0.39 is 0 Å².